The number of amides is 1. The van der Waals surface area contributed by atoms with E-state index in [0.29, 0.717) is 12.1 Å². The van der Waals surface area contributed by atoms with Crippen LogP contribution in [0, 0.1) is 0 Å². The highest BCUT2D eigenvalue weighted by molar-refractivity contribution is 5.78. The summed E-state index contributed by atoms with van der Waals surface area (Å²) < 4.78 is 5.62. The number of carbonyl (C=O) groups excluding carboxylic acids is 1. The highest BCUT2D eigenvalue weighted by Gasteiger charge is 2.31. The molecule has 1 fully saturated rings. The SMILES string of the molecule is CC1CN(C(=O)COc2ccccc2)CC(C)N1CCc1ccccc1. The van der Waals surface area contributed by atoms with Gasteiger partial charge in [0.2, 0.25) is 0 Å². The smallest absolute Gasteiger partial charge is 0.260 e. The summed E-state index contributed by atoms with van der Waals surface area (Å²) in [5, 5.41) is 0. The van der Waals surface area contributed by atoms with Crippen molar-refractivity contribution in [2.45, 2.75) is 32.4 Å². The predicted octanol–water partition coefficient (Wildman–Crippen LogP) is 3.23. The van der Waals surface area contributed by atoms with Crippen LogP contribution in [0.5, 0.6) is 5.75 Å². The van der Waals surface area contributed by atoms with Gasteiger partial charge in [-0.3, -0.25) is 9.69 Å². The van der Waals surface area contributed by atoms with Crippen molar-refractivity contribution in [3.63, 3.8) is 0 Å². The monoisotopic (exact) mass is 352 g/mol. The molecule has 0 N–H and O–H groups in total. The molecule has 0 saturated carbocycles. The van der Waals surface area contributed by atoms with E-state index in [2.05, 4.69) is 49.1 Å². The Morgan fingerprint density at radius 2 is 1.54 bits per heavy atom. The number of nitrogens with zero attached hydrogens (tertiary/aromatic N) is 2. The van der Waals surface area contributed by atoms with Gasteiger partial charge in [-0.1, -0.05) is 48.5 Å². The van der Waals surface area contributed by atoms with Crippen LogP contribution in [-0.2, 0) is 11.2 Å². The fraction of sp³-hybridized carbons (Fsp3) is 0.409. The average Bonchev–Trinajstić information content (AvgIpc) is 2.67. The molecule has 0 radical (unpaired) electrons. The quantitative estimate of drug-likeness (QED) is 0.800. The van der Waals surface area contributed by atoms with E-state index in [1.165, 1.54) is 5.56 Å². The number of benzene rings is 2. The van der Waals surface area contributed by atoms with Gasteiger partial charge < -0.3 is 9.64 Å². The molecule has 1 saturated heterocycles. The molecule has 1 heterocycles. The van der Waals surface area contributed by atoms with Gasteiger partial charge in [-0.25, -0.2) is 0 Å². The van der Waals surface area contributed by atoms with Gasteiger partial charge >= 0.3 is 0 Å². The van der Waals surface area contributed by atoms with E-state index in [-0.39, 0.29) is 12.5 Å². The van der Waals surface area contributed by atoms with Gasteiger partial charge in [0.15, 0.2) is 6.61 Å². The minimum atomic E-state index is 0.0651. The Labute approximate surface area is 156 Å². The van der Waals surface area contributed by atoms with Crippen molar-refractivity contribution in [1.82, 2.24) is 9.80 Å². The molecule has 2 aromatic rings. The number of hydrogen-bond donors (Lipinski definition) is 0. The van der Waals surface area contributed by atoms with Crippen LogP contribution in [0.3, 0.4) is 0 Å². The van der Waals surface area contributed by atoms with Gasteiger partial charge in [-0.2, -0.15) is 0 Å². The fourth-order valence-electron chi connectivity index (χ4n) is 3.66. The normalized spacial score (nSPS) is 20.8. The van der Waals surface area contributed by atoms with E-state index < -0.39 is 0 Å². The second-order valence-corrected chi connectivity index (χ2v) is 7.07. The second kappa shape index (κ2) is 8.86. The van der Waals surface area contributed by atoms with Gasteiger partial charge in [0.25, 0.3) is 5.91 Å². The van der Waals surface area contributed by atoms with E-state index in [1.807, 2.05) is 35.2 Å². The number of para-hydroxylation sites is 1. The van der Waals surface area contributed by atoms with Crippen LogP contribution < -0.4 is 4.74 Å². The van der Waals surface area contributed by atoms with Crippen molar-refractivity contribution in [3.05, 3.63) is 66.2 Å². The molecule has 0 bridgehead atoms. The van der Waals surface area contributed by atoms with Crippen molar-refractivity contribution in [3.8, 4) is 5.75 Å². The van der Waals surface area contributed by atoms with Crippen LogP contribution in [0.1, 0.15) is 19.4 Å². The van der Waals surface area contributed by atoms with Crippen molar-refractivity contribution in [1.29, 1.82) is 0 Å². The number of rotatable bonds is 6. The third kappa shape index (κ3) is 4.85. The average molecular weight is 352 g/mol. The lowest BCUT2D eigenvalue weighted by molar-refractivity contribution is -0.137. The Balaban J connectivity index is 1.50. The topological polar surface area (TPSA) is 32.8 Å². The standard InChI is InChI=1S/C22H28N2O2/c1-18-15-23(22(25)17-26-21-11-7-4-8-12-21)16-19(2)24(18)14-13-20-9-5-3-6-10-20/h3-12,18-19H,13-17H2,1-2H3. The van der Waals surface area contributed by atoms with Crippen LogP contribution >= 0.6 is 0 Å². The number of hydrogen-bond acceptors (Lipinski definition) is 3. The van der Waals surface area contributed by atoms with E-state index in [9.17, 15) is 4.79 Å². The van der Waals surface area contributed by atoms with Gasteiger partial charge in [-0.05, 0) is 38.0 Å². The van der Waals surface area contributed by atoms with Crippen LogP contribution in [-0.4, -0.2) is 54.0 Å². The minimum Gasteiger partial charge on any atom is -0.484 e. The number of carbonyl (C=O) groups is 1. The Morgan fingerprint density at radius 1 is 0.962 bits per heavy atom. The molecule has 0 spiro atoms. The van der Waals surface area contributed by atoms with Crippen molar-refractivity contribution in [2.75, 3.05) is 26.2 Å². The highest BCUT2D eigenvalue weighted by atomic mass is 16.5. The molecule has 4 heteroatoms. The van der Waals surface area contributed by atoms with Gasteiger partial charge in [0, 0.05) is 31.7 Å². The van der Waals surface area contributed by atoms with E-state index in [0.717, 1.165) is 31.8 Å². The van der Waals surface area contributed by atoms with Crippen molar-refractivity contribution in [2.24, 2.45) is 0 Å². The molecule has 1 amide bonds. The Bertz CT molecular complexity index is 678. The molecule has 1 aliphatic heterocycles. The number of ether oxygens (including phenoxy) is 1. The summed E-state index contributed by atoms with van der Waals surface area (Å²) in [4.78, 5) is 17.0. The first-order valence-corrected chi connectivity index (χ1v) is 9.39. The molecule has 0 aliphatic carbocycles. The maximum Gasteiger partial charge on any atom is 0.260 e. The maximum absolute atomic E-state index is 12.5. The first-order valence-electron chi connectivity index (χ1n) is 9.39. The zero-order valence-electron chi connectivity index (χ0n) is 15.7. The second-order valence-electron chi connectivity index (χ2n) is 7.07. The first kappa shape index (κ1) is 18.5. The Morgan fingerprint density at radius 3 is 2.15 bits per heavy atom. The number of piperazine rings is 1. The van der Waals surface area contributed by atoms with Gasteiger partial charge in [0.05, 0.1) is 0 Å². The first-order chi connectivity index (χ1) is 12.6. The summed E-state index contributed by atoms with van der Waals surface area (Å²) in [6.07, 6.45) is 1.04. The lowest BCUT2D eigenvalue weighted by atomic mass is 10.1. The molecule has 2 aromatic carbocycles. The van der Waals surface area contributed by atoms with Crippen molar-refractivity contribution < 1.29 is 9.53 Å². The van der Waals surface area contributed by atoms with Crippen LogP contribution in [0.2, 0.25) is 0 Å². The summed E-state index contributed by atoms with van der Waals surface area (Å²) in [7, 11) is 0. The zero-order valence-corrected chi connectivity index (χ0v) is 15.7. The predicted molar refractivity (Wildman–Crippen MR) is 104 cm³/mol. The summed E-state index contributed by atoms with van der Waals surface area (Å²) in [6, 6.07) is 20.8. The molecule has 26 heavy (non-hydrogen) atoms. The summed E-state index contributed by atoms with van der Waals surface area (Å²) >= 11 is 0. The van der Waals surface area contributed by atoms with Crippen LogP contribution in [0.25, 0.3) is 0 Å². The maximum atomic E-state index is 12.5. The molecular formula is C22H28N2O2. The molecule has 2 atom stereocenters. The zero-order chi connectivity index (χ0) is 18.4. The van der Waals surface area contributed by atoms with Gasteiger partial charge in [-0.15, -0.1) is 0 Å². The fourth-order valence-corrected chi connectivity index (χ4v) is 3.66. The lowest BCUT2D eigenvalue weighted by Gasteiger charge is -2.44. The third-order valence-electron chi connectivity index (χ3n) is 5.06. The van der Waals surface area contributed by atoms with E-state index >= 15 is 0 Å². The third-order valence-corrected chi connectivity index (χ3v) is 5.06. The summed E-state index contributed by atoms with van der Waals surface area (Å²) in [5.41, 5.74) is 1.36. The molecular weight excluding hydrogens is 324 g/mol. The van der Waals surface area contributed by atoms with Crippen molar-refractivity contribution >= 4 is 5.91 Å². The lowest BCUT2D eigenvalue weighted by Crippen LogP contribution is -2.59. The van der Waals surface area contributed by atoms with Gasteiger partial charge in [0.1, 0.15) is 5.75 Å². The molecule has 4 nitrogen and oxygen atoms in total. The summed E-state index contributed by atoms with van der Waals surface area (Å²) in [6.45, 7) is 7.06. The molecule has 2 unspecified atom stereocenters. The Hall–Kier alpha value is -2.33. The van der Waals surface area contributed by atoms with E-state index in [1.54, 1.807) is 0 Å². The molecule has 138 valence electrons. The highest BCUT2D eigenvalue weighted by Crippen LogP contribution is 2.17. The molecule has 1 aliphatic rings. The minimum absolute atomic E-state index is 0.0651. The molecule has 3 rings (SSSR count). The van der Waals surface area contributed by atoms with E-state index in [4.69, 9.17) is 4.74 Å². The summed E-state index contributed by atoms with van der Waals surface area (Å²) in [5.74, 6) is 0.804. The molecule has 0 aromatic heterocycles. The Kier molecular flexibility index (Phi) is 6.29. The largest absolute Gasteiger partial charge is 0.484 e. The van der Waals surface area contributed by atoms with Crippen LogP contribution in [0.15, 0.2) is 60.7 Å². The van der Waals surface area contributed by atoms with Crippen LogP contribution in [0.4, 0.5) is 0 Å².